The van der Waals surface area contributed by atoms with Crippen LogP contribution in [-0.2, 0) is 13.0 Å². The van der Waals surface area contributed by atoms with Crippen LogP contribution >= 0.6 is 0 Å². The van der Waals surface area contributed by atoms with Gasteiger partial charge in [0.15, 0.2) is 0 Å². The van der Waals surface area contributed by atoms with Crippen molar-refractivity contribution in [3.8, 4) is 0 Å². The summed E-state index contributed by atoms with van der Waals surface area (Å²) < 4.78 is 2.33. The largest absolute Gasteiger partial charge is 0.351 e. The summed E-state index contributed by atoms with van der Waals surface area (Å²) in [7, 11) is 0. The lowest BCUT2D eigenvalue weighted by Gasteiger charge is -2.06. The van der Waals surface area contributed by atoms with Crippen LogP contribution in [-0.4, -0.2) is 9.55 Å². The van der Waals surface area contributed by atoms with Crippen molar-refractivity contribution in [1.29, 1.82) is 0 Å². The van der Waals surface area contributed by atoms with E-state index in [-0.39, 0.29) is 0 Å². The standard InChI is InChI=1S/C14H18N2/c1-11-10-16(13(3)12(11)2)8-6-14-5-4-7-15-9-14/h4-5,7,9-10H,6,8H2,1-3H3. The number of nitrogens with zero attached hydrogens (tertiary/aromatic N) is 2. The molecule has 0 aromatic carbocycles. The molecule has 0 aliphatic carbocycles. The van der Waals surface area contributed by atoms with Gasteiger partial charge in [-0.05, 0) is 49.9 Å². The molecule has 0 N–H and O–H groups in total. The Morgan fingerprint density at radius 2 is 2.06 bits per heavy atom. The number of pyridine rings is 1. The molecule has 0 saturated heterocycles. The highest BCUT2D eigenvalue weighted by atomic mass is 15.0. The fourth-order valence-electron chi connectivity index (χ4n) is 1.96. The molecule has 0 spiro atoms. The van der Waals surface area contributed by atoms with Gasteiger partial charge in [0.1, 0.15) is 0 Å². The van der Waals surface area contributed by atoms with E-state index in [0.717, 1.165) is 13.0 Å². The first-order valence-corrected chi connectivity index (χ1v) is 5.70. The first-order chi connectivity index (χ1) is 7.68. The van der Waals surface area contributed by atoms with E-state index in [1.807, 2.05) is 18.5 Å². The van der Waals surface area contributed by atoms with Crippen LogP contribution in [0.15, 0.2) is 30.7 Å². The van der Waals surface area contributed by atoms with Crippen molar-refractivity contribution >= 4 is 0 Å². The van der Waals surface area contributed by atoms with Crippen molar-refractivity contribution in [1.82, 2.24) is 9.55 Å². The van der Waals surface area contributed by atoms with E-state index in [1.54, 1.807) is 0 Å². The third-order valence-electron chi connectivity index (χ3n) is 3.28. The molecule has 84 valence electrons. The van der Waals surface area contributed by atoms with Gasteiger partial charge < -0.3 is 4.57 Å². The fourth-order valence-corrected chi connectivity index (χ4v) is 1.96. The van der Waals surface area contributed by atoms with E-state index in [9.17, 15) is 0 Å². The lowest BCUT2D eigenvalue weighted by atomic mass is 10.2. The van der Waals surface area contributed by atoms with Gasteiger partial charge in [0, 0.05) is 30.8 Å². The highest BCUT2D eigenvalue weighted by Crippen LogP contribution is 2.15. The average molecular weight is 214 g/mol. The molecule has 2 rings (SSSR count). The maximum absolute atomic E-state index is 4.13. The van der Waals surface area contributed by atoms with Gasteiger partial charge in [-0.1, -0.05) is 6.07 Å². The van der Waals surface area contributed by atoms with Crippen molar-refractivity contribution < 1.29 is 0 Å². The summed E-state index contributed by atoms with van der Waals surface area (Å²) >= 11 is 0. The molecule has 0 bridgehead atoms. The smallest absolute Gasteiger partial charge is 0.0300 e. The third-order valence-corrected chi connectivity index (χ3v) is 3.28. The highest BCUT2D eigenvalue weighted by molar-refractivity contribution is 5.28. The van der Waals surface area contributed by atoms with Crippen LogP contribution in [0.4, 0.5) is 0 Å². The molecule has 0 aliphatic rings. The van der Waals surface area contributed by atoms with Crippen LogP contribution in [0.3, 0.4) is 0 Å². The highest BCUT2D eigenvalue weighted by Gasteiger charge is 2.04. The first kappa shape index (κ1) is 10.9. The predicted octanol–water partition coefficient (Wildman–Crippen LogP) is 3.05. The van der Waals surface area contributed by atoms with Gasteiger partial charge in [0.05, 0.1) is 0 Å². The Balaban J connectivity index is 2.08. The number of hydrogen-bond acceptors (Lipinski definition) is 1. The van der Waals surface area contributed by atoms with Gasteiger partial charge in [-0.3, -0.25) is 4.98 Å². The predicted molar refractivity (Wildman–Crippen MR) is 66.6 cm³/mol. The zero-order valence-electron chi connectivity index (χ0n) is 10.2. The SMILES string of the molecule is Cc1cn(CCc2cccnc2)c(C)c1C. The minimum Gasteiger partial charge on any atom is -0.351 e. The third kappa shape index (κ3) is 2.16. The molecular formula is C14H18N2. The summed E-state index contributed by atoms with van der Waals surface area (Å²) in [5.41, 5.74) is 5.46. The Labute approximate surface area is 97.0 Å². The molecule has 2 nitrogen and oxygen atoms in total. The van der Waals surface area contributed by atoms with Crippen molar-refractivity contribution in [2.24, 2.45) is 0 Å². The molecule has 0 amide bonds. The van der Waals surface area contributed by atoms with Crippen molar-refractivity contribution in [3.05, 3.63) is 53.1 Å². The zero-order chi connectivity index (χ0) is 11.5. The van der Waals surface area contributed by atoms with Crippen LogP contribution in [0.5, 0.6) is 0 Å². The van der Waals surface area contributed by atoms with Crippen molar-refractivity contribution in [2.45, 2.75) is 33.7 Å². The number of rotatable bonds is 3. The topological polar surface area (TPSA) is 17.8 Å². The summed E-state index contributed by atoms with van der Waals surface area (Å²) in [6.45, 7) is 7.58. The quantitative estimate of drug-likeness (QED) is 0.768. The Hall–Kier alpha value is -1.57. The molecule has 0 aliphatic heterocycles. The van der Waals surface area contributed by atoms with E-state index >= 15 is 0 Å². The first-order valence-electron chi connectivity index (χ1n) is 5.70. The summed E-state index contributed by atoms with van der Waals surface area (Å²) in [4.78, 5) is 4.13. The van der Waals surface area contributed by atoms with Crippen LogP contribution in [0.25, 0.3) is 0 Å². The second kappa shape index (κ2) is 4.52. The molecule has 2 aromatic heterocycles. The van der Waals surface area contributed by atoms with Gasteiger partial charge in [0.25, 0.3) is 0 Å². The maximum atomic E-state index is 4.13. The van der Waals surface area contributed by atoms with Gasteiger partial charge in [0.2, 0.25) is 0 Å². The second-order valence-electron chi connectivity index (χ2n) is 4.33. The normalized spacial score (nSPS) is 10.7. The molecule has 2 heterocycles. The lowest BCUT2D eigenvalue weighted by molar-refractivity contribution is 0.678. The molecule has 0 fully saturated rings. The van der Waals surface area contributed by atoms with E-state index in [0.29, 0.717) is 0 Å². The molecule has 16 heavy (non-hydrogen) atoms. The van der Waals surface area contributed by atoms with Gasteiger partial charge in [-0.15, -0.1) is 0 Å². The molecular weight excluding hydrogens is 196 g/mol. The number of hydrogen-bond donors (Lipinski definition) is 0. The molecule has 0 saturated carbocycles. The summed E-state index contributed by atoms with van der Waals surface area (Å²) in [5, 5.41) is 0. The lowest BCUT2D eigenvalue weighted by Crippen LogP contribution is -2.02. The van der Waals surface area contributed by atoms with Gasteiger partial charge in [-0.2, -0.15) is 0 Å². The zero-order valence-corrected chi connectivity index (χ0v) is 10.2. The van der Waals surface area contributed by atoms with Crippen LogP contribution < -0.4 is 0 Å². The average Bonchev–Trinajstić information content (AvgIpc) is 2.56. The summed E-state index contributed by atoms with van der Waals surface area (Å²) in [6, 6.07) is 4.12. The number of aryl methyl sites for hydroxylation is 3. The maximum Gasteiger partial charge on any atom is 0.0300 e. The summed E-state index contributed by atoms with van der Waals surface area (Å²) in [5.74, 6) is 0. The Morgan fingerprint density at radius 3 is 2.62 bits per heavy atom. The second-order valence-corrected chi connectivity index (χ2v) is 4.33. The van der Waals surface area contributed by atoms with E-state index in [2.05, 4.69) is 42.6 Å². The van der Waals surface area contributed by atoms with Crippen LogP contribution in [0.2, 0.25) is 0 Å². The molecule has 0 radical (unpaired) electrons. The molecule has 2 heteroatoms. The van der Waals surface area contributed by atoms with E-state index in [1.165, 1.54) is 22.4 Å². The van der Waals surface area contributed by atoms with Gasteiger partial charge in [-0.25, -0.2) is 0 Å². The Kier molecular flexibility index (Phi) is 3.09. The molecule has 0 unspecified atom stereocenters. The molecule has 2 aromatic rings. The van der Waals surface area contributed by atoms with Crippen molar-refractivity contribution in [2.75, 3.05) is 0 Å². The van der Waals surface area contributed by atoms with Crippen LogP contribution in [0, 0.1) is 20.8 Å². The van der Waals surface area contributed by atoms with Gasteiger partial charge >= 0.3 is 0 Å². The fraction of sp³-hybridized carbons (Fsp3) is 0.357. The number of aromatic nitrogens is 2. The molecule has 0 atom stereocenters. The Bertz CT molecular complexity index is 469. The minimum atomic E-state index is 1.03. The van der Waals surface area contributed by atoms with E-state index < -0.39 is 0 Å². The van der Waals surface area contributed by atoms with Crippen LogP contribution in [0.1, 0.15) is 22.4 Å². The summed E-state index contributed by atoms with van der Waals surface area (Å²) in [6.07, 6.45) is 7.04. The van der Waals surface area contributed by atoms with Crippen molar-refractivity contribution in [3.63, 3.8) is 0 Å². The monoisotopic (exact) mass is 214 g/mol. The minimum absolute atomic E-state index is 1.03. The van der Waals surface area contributed by atoms with E-state index in [4.69, 9.17) is 0 Å². The Morgan fingerprint density at radius 1 is 1.25 bits per heavy atom.